The van der Waals surface area contributed by atoms with Gasteiger partial charge < -0.3 is 63.2 Å². The number of aliphatic hydroxyl groups is 3. The lowest BCUT2D eigenvalue weighted by Crippen LogP contribution is -2.58. The van der Waals surface area contributed by atoms with Crippen LogP contribution in [0.2, 0.25) is 0 Å². The number of ether oxygens (including phenoxy) is 8. The zero-order valence-electron chi connectivity index (χ0n) is 34.8. The van der Waals surface area contributed by atoms with Gasteiger partial charge in [0.15, 0.2) is 24.7 Å². The molecular weight excluding hydrogens is 770 g/mol. The summed E-state index contributed by atoms with van der Waals surface area (Å²) in [6.45, 7) is 7.12. The molecule has 4 N–H and O–H groups in total. The first-order chi connectivity index (χ1) is 28.0. The predicted molar refractivity (Wildman–Crippen MR) is 207 cm³/mol. The van der Waals surface area contributed by atoms with Crippen molar-refractivity contribution < 1.29 is 72.7 Å². The van der Waals surface area contributed by atoms with E-state index in [0.717, 1.165) is 0 Å². The van der Waals surface area contributed by atoms with Gasteiger partial charge in [0, 0.05) is 48.4 Å². The van der Waals surface area contributed by atoms with Gasteiger partial charge in [0.25, 0.3) is 0 Å². The quantitative estimate of drug-likeness (QED) is 0.216. The second-order valence-electron chi connectivity index (χ2n) is 16.7. The zero-order chi connectivity index (χ0) is 42.7. The number of phenolic OH excluding ortho intramolecular Hbond substituents is 1. The van der Waals surface area contributed by atoms with E-state index >= 15 is 0 Å². The van der Waals surface area contributed by atoms with Crippen LogP contribution in [-0.4, -0.2) is 144 Å². The first kappa shape index (κ1) is 43.5. The minimum absolute atomic E-state index is 0.00966. The van der Waals surface area contributed by atoms with Crippen LogP contribution in [0.5, 0.6) is 11.5 Å². The molecule has 16 heteroatoms. The Labute approximate surface area is 343 Å². The zero-order valence-corrected chi connectivity index (χ0v) is 34.8. The van der Waals surface area contributed by atoms with Crippen LogP contribution in [0, 0.1) is 0 Å². The Morgan fingerprint density at radius 1 is 0.847 bits per heavy atom. The van der Waals surface area contributed by atoms with E-state index in [1.165, 1.54) is 26.4 Å². The largest absolute Gasteiger partial charge is 0.507 e. The third kappa shape index (κ3) is 7.93. The Bertz CT molecular complexity index is 1910. The van der Waals surface area contributed by atoms with Gasteiger partial charge >= 0.3 is 5.97 Å². The molecule has 3 heterocycles. The minimum atomic E-state index is -1.73. The molecule has 0 spiro atoms. The second kappa shape index (κ2) is 17.1. The molecule has 14 atom stereocenters. The lowest BCUT2D eigenvalue weighted by atomic mass is 9.67. The van der Waals surface area contributed by atoms with Crippen LogP contribution in [0.15, 0.2) is 24.3 Å². The standard InChI is InChI=1S/C43H57NO15/c1-9-43(51)18-29(34-23(36(43)42(50)53-8)15-24-35(39(34)49)38(48)33-22(37(24)47)11-10-12-28(33)52-7)57-31-16-25(44(5)6)40(20(3)55-31)59-32-17-27(46)41(21(4)56-32)58-30-14-13-26(45)19(2)54-30/h10-12,15,19-21,25-27,29-32,36,40-41,45-46,49,51H,9,13-14,16-18H2,1-8H3. The number of aromatic hydroxyl groups is 1. The molecule has 5 aliphatic rings. The normalized spacial score (nSPS) is 37.1. The van der Waals surface area contributed by atoms with Crippen LogP contribution in [0.4, 0.5) is 0 Å². The van der Waals surface area contributed by atoms with Crippen molar-refractivity contribution in [2.45, 2.75) is 151 Å². The SMILES string of the molecule is CCC1(O)CC(OC2CC(N(C)C)C(OC3CC(O)C(OC4CCC(O)C(C)O4)C(C)O3)C(C)O2)c2c(cc3c(c2O)C(=O)c2c(OC)cccc2C3=O)C1C(=O)OC. The van der Waals surface area contributed by atoms with Crippen LogP contribution < -0.4 is 4.74 Å². The van der Waals surface area contributed by atoms with Crippen molar-refractivity contribution in [2.75, 3.05) is 28.3 Å². The van der Waals surface area contributed by atoms with E-state index < -0.39 is 96.4 Å². The molecule has 2 aliphatic carbocycles. The minimum Gasteiger partial charge on any atom is -0.507 e. The highest BCUT2D eigenvalue weighted by Gasteiger charge is 2.53. The Kier molecular flexibility index (Phi) is 12.6. The summed E-state index contributed by atoms with van der Waals surface area (Å²) in [6.07, 6.45) is -6.32. The summed E-state index contributed by atoms with van der Waals surface area (Å²) in [7, 11) is 6.35. The number of esters is 1. The fourth-order valence-electron chi connectivity index (χ4n) is 9.53. The molecule has 0 bridgehead atoms. The van der Waals surface area contributed by atoms with E-state index in [1.54, 1.807) is 32.9 Å². The second-order valence-corrected chi connectivity index (χ2v) is 16.7. The maximum Gasteiger partial charge on any atom is 0.316 e. The maximum absolute atomic E-state index is 14.2. The summed E-state index contributed by atoms with van der Waals surface area (Å²) in [6, 6.07) is 5.72. The summed E-state index contributed by atoms with van der Waals surface area (Å²) in [5.74, 6) is -3.65. The van der Waals surface area contributed by atoms with E-state index in [0.29, 0.717) is 12.8 Å². The monoisotopic (exact) mass is 827 g/mol. The third-order valence-corrected chi connectivity index (χ3v) is 12.8. The number of benzene rings is 2. The number of fused-ring (bicyclic) bond motifs is 3. The molecule has 16 nitrogen and oxygen atoms in total. The number of ketones is 2. The molecule has 3 aliphatic heterocycles. The number of likely N-dealkylation sites (N-methyl/N-ethyl adjacent to an activating group) is 1. The molecule has 0 aromatic heterocycles. The highest BCUT2D eigenvalue weighted by molar-refractivity contribution is 6.30. The van der Waals surface area contributed by atoms with Crippen molar-refractivity contribution in [3.8, 4) is 11.5 Å². The van der Waals surface area contributed by atoms with Crippen molar-refractivity contribution in [3.05, 3.63) is 57.6 Å². The van der Waals surface area contributed by atoms with Gasteiger partial charge in [0.05, 0.1) is 67.6 Å². The van der Waals surface area contributed by atoms with Gasteiger partial charge in [-0.25, -0.2) is 0 Å². The van der Waals surface area contributed by atoms with E-state index in [1.807, 2.05) is 25.9 Å². The van der Waals surface area contributed by atoms with E-state index in [9.17, 15) is 34.8 Å². The first-order valence-corrected chi connectivity index (χ1v) is 20.4. The van der Waals surface area contributed by atoms with Crippen LogP contribution >= 0.6 is 0 Å². The molecule has 0 radical (unpaired) electrons. The fraction of sp³-hybridized carbons (Fsp3) is 0.651. The first-order valence-electron chi connectivity index (χ1n) is 20.4. The van der Waals surface area contributed by atoms with Gasteiger partial charge in [-0.1, -0.05) is 19.1 Å². The van der Waals surface area contributed by atoms with Gasteiger partial charge in [-0.15, -0.1) is 0 Å². The van der Waals surface area contributed by atoms with Crippen LogP contribution in [0.1, 0.15) is 121 Å². The summed E-state index contributed by atoms with van der Waals surface area (Å²) in [5.41, 5.74) is -1.82. The molecule has 3 fully saturated rings. The van der Waals surface area contributed by atoms with Gasteiger partial charge in [-0.2, -0.15) is 0 Å². The molecule has 2 aromatic rings. The number of methoxy groups -OCH3 is 2. The number of nitrogens with zero attached hydrogens (tertiary/aromatic N) is 1. The van der Waals surface area contributed by atoms with Gasteiger partial charge in [0.2, 0.25) is 5.78 Å². The average Bonchev–Trinajstić information content (AvgIpc) is 3.19. The molecule has 0 saturated carbocycles. The van der Waals surface area contributed by atoms with E-state index in [2.05, 4.69) is 0 Å². The summed E-state index contributed by atoms with van der Waals surface area (Å²) < 4.78 is 48.4. The van der Waals surface area contributed by atoms with Crippen molar-refractivity contribution in [2.24, 2.45) is 0 Å². The number of hydrogen-bond acceptors (Lipinski definition) is 16. The molecule has 14 unspecified atom stereocenters. The Morgan fingerprint density at radius 2 is 1.51 bits per heavy atom. The van der Waals surface area contributed by atoms with E-state index in [-0.39, 0.29) is 77.0 Å². The Morgan fingerprint density at radius 3 is 2.14 bits per heavy atom. The molecule has 0 amide bonds. The number of phenols is 1. The summed E-state index contributed by atoms with van der Waals surface area (Å²) >= 11 is 0. The number of carbonyl (C=O) groups is 3. The molecule has 7 rings (SSSR count). The van der Waals surface area contributed by atoms with Gasteiger partial charge in [0.1, 0.15) is 29.6 Å². The molecule has 2 aromatic carbocycles. The number of hydrogen-bond donors (Lipinski definition) is 4. The Hall–Kier alpha value is -3.55. The number of aliphatic hydroxyl groups excluding tert-OH is 2. The lowest BCUT2D eigenvalue weighted by Gasteiger charge is -2.48. The van der Waals surface area contributed by atoms with Crippen LogP contribution in [0.25, 0.3) is 0 Å². The molecular formula is C43H57NO15. The lowest BCUT2D eigenvalue weighted by molar-refractivity contribution is -0.328. The average molecular weight is 828 g/mol. The maximum atomic E-state index is 14.2. The topological polar surface area (TPSA) is 209 Å². The number of carbonyl (C=O) groups excluding carboxylic acids is 3. The van der Waals surface area contributed by atoms with E-state index in [4.69, 9.17) is 37.9 Å². The van der Waals surface area contributed by atoms with Crippen LogP contribution in [-0.2, 0) is 38.0 Å². The molecule has 324 valence electrons. The number of rotatable bonds is 10. The summed E-state index contributed by atoms with van der Waals surface area (Å²) in [5, 5.41) is 45.5. The Balaban J connectivity index is 1.14. The highest BCUT2D eigenvalue weighted by atomic mass is 16.7. The summed E-state index contributed by atoms with van der Waals surface area (Å²) in [4.78, 5) is 43.6. The highest BCUT2D eigenvalue weighted by Crippen LogP contribution is 2.54. The van der Waals surface area contributed by atoms with Crippen LogP contribution in [0.3, 0.4) is 0 Å². The smallest absolute Gasteiger partial charge is 0.316 e. The van der Waals surface area contributed by atoms with Crippen molar-refractivity contribution in [1.82, 2.24) is 4.90 Å². The van der Waals surface area contributed by atoms with Crippen molar-refractivity contribution in [3.63, 3.8) is 0 Å². The third-order valence-electron chi connectivity index (χ3n) is 12.8. The van der Waals surface area contributed by atoms with Gasteiger partial charge in [-0.05, 0) is 65.4 Å². The van der Waals surface area contributed by atoms with Crippen molar-refractivity contribution in [1.29, 1.82) is 0 Å². The fourth-order valence-corrected chi connectivity index (χ4v) is 9.53. The van der Waals surface area contributed by atoms with Gasteiger partial charge in [-0.3, -0.25) is 14.4 Å². The molecule has 59 heavy (non-hydrogen) atoms. The predicted octanol–water partition coefficient (Wildman–Crippen LogP) is 3.25. The molecule has 3 saturated heterocycles. The van der Waals surface area contributed by atoms with Crippen molar-refractivity contribution >= 4 is 17.5 Å².